The van der Waals surface area contributed by atoms with E-state index in [4.69, 9.17) is 4.74 Å². The number of hydrogen-bond acceptors (Lipinski definition) is 3. The minimum absolute atomic E-state index is 0.194. The second-order valence-corrected chi connectivity index (χ2v) is 4.04. The summed E-state index contributed by atoms with van der Waals surface area (Å²) < 4.78 is 5.11. The lowest BCUT2D eigenvalue weighted by Gasteiger charge is -2.05. The van der Waals surface area contributed by atoms with Crippen molar-refractivity contribution < 1.29 is 14.6 Å². The van der Waals surface area contributed by atoms with Gasteiger partial charge in [-0.1, -0.05) is 30.3 Å². The van der Waals surface area contributed by atoms with E-state index in [9.17, 15) is 9.90 Å². The molecule has 3 heteroatoms. The molecule has 0 saturated heterocycles. The van der Waals surface area contributed by atoms with E-state index in [1.54, 1.807) is 24.3 Å². The summed E-state index contributed by atoms with van der Waals surface area (Å²) in [6, 6.07) is 14.1. The third-order valence-corrected chi connectivity index (χ3v) is 2.60. The highest BCUT2D eigenvalue weighted by atomic mass is 16.5. The van der Waals surface area contributed by atoms with Crippen LogP contribution < -0.4 is 4.74 Å². The Hall–Kier alpha value is -2.55. The Morgan fingerprint density at radius 2 is 1.58 bits per heavy atom. The average molecular weight is 254 g/mol. The Bertz CT molecular complexity index is 568. The summed E-state index contributed by atoms with van der Waals surface area (Å²) in [5.74, 6) is 0.417. The molecule has 0 bridgehead atoms. The number of benzene rings is 2. The second-order valence-electron chi connectivity index (χ2n) is 4.04. The molecule has 0 saturated carbocycles. The van der Waals surface area contributed by atoms with Gasteiger partial charge in [0.2, 0.25) is 0 Å². The SMILES string of the molecule is C=CCC(=O)Oc1ccc(-c2ccc(O)cc2)cc1. The van der Waals surface area contributed by atoms with E-state index in [-0.39, 0.29) is 18.1 Å². The van der Waals surface area contributed by atoms with Gasteiger partial charge in [0.1, 0.15) is 11.5 Å². The molecule has 0 atom stereocenters. The molecule has 0 aliphatic carbocycles. The van der Waals surface area contributed by atoms with Gasteiger partial charge >= 0.3 is 5.97 Å². The van der Waals surface area contributed by atoms with Crippen LogP contribution in [0.1, 0.15) is 6.42 Å². The molecular formula is C16H14O3. The van der Waals surface area contributed by atoms with E-state index in [0.717, 1.165) is 11.1 Å². The molecule has 2 aromatic rings. The van der Waals surface area contributed by atoms with Crippen molar-refractivity contribution in [2.75, 3.05) is 0 Å². The Balaban J connectivity index is 2.12. The zero-order valence-corrected chi connectivity index (χ0v) is 10.4. The Labute approximate surface area is 111 Å². The molecule has 0 heterocycles. The summed E-state index contributed by atoms with van der Waals surface area (Å²) in [7, 11) is 0. The lowest BCUT2D eigenvalue weighted by molar-refractivity contribution is -0.133. The lowest BCUT2D eigenvalue weighted by Crippen LogP contribution is -2.05. The maximum atomic E-state index is 11.3. The number of aromatic hydroxyl groups is 1. The van der Waals surface area contributed by atoms with E-state index < -0.39 is 0 Å². The Morgan fingerprint density at radius 1 is 1.05 bits per heavy atom. The average Bonchev–Trinajstić information content (AvgIpc) is 2.41. The highest BCUT2D eigenvalue weighted by Crippen LogP contribution is 2.24. The van der Waals surface area contributed by atoms with Crippen LogP contribution in [0.3, 0.4) is 0 Å². The molecule has 96 valence electrons. The van der Waals surface area contributed by atoms with Crippen LogP contribution >= 0.6 is 0 Å². The summed E-state index contributed by atoms with van der Waals surface area (Å²) in [4.78, 5) is 11.3. The van der Waals surface area contributed by atoms with Gasteiger partial charge in [0.05, 0.1) is 6.42 Å². The van der Waals surface area contributed by atoms with Crippen LogP contribution in [0.5, 0.6) is 11.5 Å². The molecule has 3 nitrogen and oxygen atoms in total. The monoisotopic (exact) mass is 254 g/mol. The first-order valence-electron chi connectivity index (χ1n) is 5.90. The normalized spacial score (nSPS) is 9.89. The summed E-state index contributed by atoms with van der Waals surface area (Å²) >= 11 is 0. The predicted octanol–water partition coefficient (Wildman–Crippen LogP) is 3.54. The maximum Gasteiger partial charge on any atom is 0.315 e. The molecule has 1 N–H and O–H groups in total. The van der Waals surface area contributed by atoms with Gasteiger partial charge in [-0.05, 0) is 35.4 Å². The minimum Gasteiger partial charge on any atom is -0.508 e. The first-order valence-corrected chi connectivity index (χ1v) is 5.90. The summed E-state index contributed by atoms with van der Waals surface area (Å²) in [5.41, 5.74) is 1.98. The van der Waals surface area contributed by atoms with Crippen molar-refractivity contribution in [1.82, 2.24) is 0 Å². The fourth-order valence-corrected chi connectivity index (χ4v) is 1.66. The molecule has 0 unspecified atom stereocenters. The van der Waals surface area contributed by atoms with Crippen LogP contribution in [-0.4, -0.2) is 11.1 Å². The van der Waals surface area contributed by atoms with Crippen LogP contribution in [-0.2, 0) is 4.79 Å². The Morgan fingerprint density at radius 3 is 2.11 bits per heavy atom. The van der Waals surface area contributed by atoms with Gasteiger partial charge < -0.3 is 9.84 Å². The Kier molecular flexibility index (Phi) is 3.98. The number of hydrogen-bond donors (Lipinski definition) is 1. The standard InChI is InChI=1S/C16H14O3/c1-2-3-16(18)19-15-10-6-13(7-11-15)12-4-8-14(17)9-5-12/h2,4-11,17H,1,3H2. The van der Waals surface area contributed by atoms with Crippen LogP contribution in [0, 0.1) is 0 Å². The minimum atomic E-state index is -0.326. The third kappa shape index (κ3) is 3.45. The molecule has 2 rings (SSSR count). The molecule has 0 spiro atoms. The zero-order chi connectivity index (χ0) is 13.7. The number of carbonyl (C=O) groups is 1. The summed E-state index contributed by atoms with van der Waals surface area (Å²) in [6.07, 6.45) is 1.70. The van der Waals surface area contributed by atoms with Crippen molar-refractivity contribution in [1.29, 1.82) is 0 Å². The highest BCUT2D eigenvalue weighted by Gasteiger charge is 2.03. The second kappa shape index (κ2) is 5.87. The van der Waals surface area contributed by atoms with Crippen LogP contribution in [0.2, 0.25) is 0 Å². The number of ether oxygens (including phenoxy) is 1. The molecular weight excluding hydrogens is 240 g/mol. The van der Waals surface area contributed by atoms with Gasteiger partial charge in [0.25, 0.3) is 0 Å². The van der Waals surface area contributed by atoms with Crippen molar-refractivity contribution in [2.45, 2.75) is 6.42 Å². The van der Waals surface area contributed by atoms with Gasteiger partial charge in [-0.25, -0.2) is 0 Å². The molecule has 2 aromatic carbocycles. The topological polar surface area (TPSA) is 46.5 Å². The molecule has 0 aliphatic heterocycles. The smallest absolute Gasteiger partial charge is 0.315 e. The molecule has 0 aliphatic rings. The van der Waals surface area contributed by atoms with E-state index in [1.165, 1.54) is 6.08 Å². The van der Waals surface area contributed by atoms with E-state index in [1.807, 2.05) is 24.3 Å². The largest absolute Gasteiger partial charge is 0.508 e. The van der Waals surface area contributed by atoms with Gasteiger partial charge in [0, 0.05) is 0 Å². The van der Waals surface area contributed by atoms with Crippen molar-refractivity contribution >= 4 is 5.97 Å². The van der Waals surface area contributed by atoms with Crippen molar-refractivity contribution in [3.8, 4) is 22.6 Å². The molecule has 19 heavy (non-hydrogen) atoms. The zero-order valence-electron chi connectivity index (χ0n) is 10.4. The molecule has 0 radical (unpaired) electrons. The van der Waals surface area contributed by atoms with Crippen molar-refractivity contribution in [3.05, 3.63) is 61.2 Å². The van der Waals surface area contributed by atoms with Gasteiger partial charge in [-0.3, -0.25) is 4.79 Å². The van der Waals surface area contributed by atoms with E-state index in [0.29, 0.717) is 5.75 Å². The van der Waals surface area contributed by atoms with Gasteiger partial charge in [-0.2, -0.15) is 0 Å². The fourth-order valence-electron chi connectivity index (χ4n) is 1.66. The quantitative estimate of drug-likeness (QED) is 0.515. The fraction of sp³-hybridized carbons (Fsp3) is 0.0625. The third-order valence-electron chi connectivity index (χ3n) is 2.60. The number of esters is 1. The van der Waals surface area contributed by atoms with E-state index >= 15 is 0 Å². The van der Waals surface area contributed by atoms with Gasteiger partial charge in [0.15, 0.2) is 0 Å². The molecule has 0 fully saturated rings. The number of carbonyl (C=O) groups excluding carboxylic acids is 1. The first-order chi connectivity index (χ1) is 9.19. The molecule has 0 amide bonds. The maximum absolute atomic E-state index is 11.3. The van der Waals surface area contributed by atoms with Gasteiger partial charge in [-0.15, -0.1) is 6.58 Å². The summed E-state index contributed by atoms with van der Waals surface area (Å²) in [5, 5.41) is 9.23. The predicted molar refractivity (Wildman–Crippen MR) is 74.0 cm³/mol. The van der Waals surface area contributed by atoms with Crippen LogP contribution in [0.4, 0.5) is 0 Å². The molecule has 0 aromatic heterocycles. The van der Waals surface area contributed by atoms with Crippen molar-refractivity contribution in [3.63, 3.8) is 0 Å². The van der Waals surface area contributed by atoms with Crippen LogP contribution in [0.15, 0.2) is 61.2 Å². The van der Waals surface area contributed by atoms with E-state index in [2.05, 4.69) is 6.58 Å². The highest BCUT2D eigenvalue weighted by molar-refractivity contribution is 5.74. The van der Waals surface area contributed by atoms with Crippen molar-refractivity contribution in [2.24, 2.45) is 0 Å². The number of phenolic OH excluding ortho intramolecular Hbond substituents is 1. The lowest BCUT2D eigenvalue weighted by atomic mass is 10.1. The summed E-state index contributed by atoms with van der Waals surface area (Å²) in [6.45, 7) is 3.48. The number of rotatable bonds is 4. The number of phenols is 1. The first kappa shape index (κ1) is 12.9. The van der Waals surface area contributed by atoms with Crippen LogP contribution in [0.25, 0.3) is 11.1 Å².